The first-order valence-electron chi connectivity index (χ1n) is 6.66. The monoisotopic (exact) mass is 287 g/mol. The van der Waals surface area contributed by atoms with Crippen LogP contribution in [0.2, 0.25) is 4.34 Å². The number of likely N-dealkylation sites (tertiary alicyclic amines) is 1. The molecule has 1 aromatic heterocycles. The molecule has 2 rings (SSSR count). The van der Waals surface area contributed by atoms with E-state index in [0.717, 1.165) is 35.6 Å². The maximum absolute atomic E-state index is 6.07. The Balaban J connectivity index is 1.92. The molecule has 0 spiro atoms. The molecule has 0 amide bonds. The van der Waals surface area contributed by atoms with Crippen LogP contribution in [0.25, 0.3) is 0 Å². The van der Waals surface area contributed by atoms with Crippen LogP contribution in [0, 0.1) is 11.3 Å². The Morgan fingerprint density at radius 3 is 2.72 bits per heavy atom. The molecule has 1 unspecified atom stereocenters. The molecule has 0 aliphatic carbocycles. The van der Waals surface area contributed by atoms with E-state index in [-0.39, 0.29) is 0 Å². The summed E-state index contributed by atoms with van der Waals surface area (Å²) >= 11 is 7.35. The summed E-state index contributed by atoms with van der Waals surface area (Å²) in [5.41, 5.74) is 1.37. The minimum absolute atomic E-state index is 0.426. The van der Waals surface area contributed by atoms with Crippen LogP contribution in [-0.4, -0.2) is 27.6 Å². The molecule has 102 valence electrons. The van der Waals surface area contributed by atoms with Crippen LogP contribution in [0.4, 0.5) is 0 Å². The van der Waals surface area contributed by atoms with Gasteiger partial charge in [-0.1, -0.05) is 36.9 Å². The Hall–Kier alpha value is -0.190. The topological polar surface area (TPSA) is 29.0 Å². The van der Waals surface area contributed by atoms with E-state index in [4.69, 9.17) is 11.6 Å². The van der Waals surface area contributed by atoms with E-state index in [9.17, 15) is 0 Å². The highest BCUT2D eigenvalue weighted by molar-refractivity contribution is 7.10. The third-order valence-electron chi connectivity index (χ3n) is 3.93. The first-order chi connectivity index (χ1) is 8.47. The molecule has 1 aliphatic heterocycles. The van der Waals surface area contributed by atoms with Crippen LogP contribution in [0.3, 0.4) is 0 Å². The molecule has 3 nitrogen and oxygen atoms in total. The third kappa shape index (κ3) is 3.65. The lowest BCUT2D eigenvalue weighted by molar-refractivity contribution is 0.206. The van der Waals surface area contributed by atoms with E-state index in [0.29, 0.717) is 5.41 Å². The number of halogens is 1. The summed E-state index contributed by atoms with van der Waals surface area (Å²) < 4.78 is 4.64. The number of nitrogens with zero attached hydrogens (tertiary/aromatic N) is 3. The van der Waals surface area contributed by atoms with Gasteiger partial charge in [0.1, 0.15) is 10.0 Å². The van der Waals surface area contributed by atoms with Crippen LogP contribution in [-0.2, 0) is 6.54 Å². The Bertz CT molecular complexity index is 386. The van der Waals surface area contributed by atoms with Gasteiger partial charge < -0.3 is 0 Å². The van der Waals surface area contributed by atoms with Crippen LogP contribution < -0.4 is 0 Å². The van der Waals surface area contributed by atoms with Gasteiger partial charge in [0, 0.05) is 18.1 Å². The zero-order valence-electron chi connectivity index (χ0n) is 11.4. The van der Waals surface area contributed by atoms with Crippen LogP contribution in [0.15, 0.2) is 0 Å². The molecule has 5 heteroatoms. The van der Waals surface area contributed by atoms with Gasteiger partial charge in [0.05, 0.1) is 0 Å². The van der Waals surface area contributed by atoms with Gasteiger partial charge in [-0.15, -0.1) is 5.10 Å². The molecule has 0 bridgehead atoms. The molecular weight excluding hydrogens is 266 g/mol. The Morgan fingerprint density at radius 1 is 1.33 bits per heavy atom. The molecular formula is C13H22ClN3S. The second-order valence-electron chi connectivity index (χ2n) is 6.26. The molecule has 0 N–H and O–H groups in total. The van der Waals surface area contributed by atoms with E-state index >= 15 is 0 Å². The van der Waals surface area contributed by atoms with Gasteiger partial charge in [-0.3, -0.25) is 4.90 Å². The quantitative estimate of drug-likeness (QED) is 0.827. The SMILES string of the molecule is CC(C)(C)C1CCCN(Cc2nnsc2Cl)CC1. The minimum atomic E-state index is 0.426. The summed E-state index contributed by atoms with van der Waals surface area (Å²) in [5, 5.41) is 4.10. The number of aromatic nitrogens is 2. The summed E-state index contributed by atoms with van der Waals surface area (Å²) in [6.45, 7) is 10.2. The summed E-state index contributed by atoms with van der Waals surface area (Å²) in [4.78, 5) is 2.47. The smallest absolute Gasteiger partial charge is 0.138 e. The molecule has 0 radical (unpaired) electrons. The van der Waals surface area contributed by atoms with Crippen LogP contribution in [0.5, 0.6) is 0 Å². The number of rotatable bonds is 2. The minimum Gasteiger partial charge on any atom is -0.297 e. The highest BCUT2D eigenvalue weighted by Crippen LogP contribution is 2.34. The van der Waals surface area contributed by atoms with Gasteiger partial charge in [0.2, 0.25) is 0 Å². The first-order valence-corrected chi connectivity index (χ1v) is 7.81. The Kier molecular flexibility index (Phi) is 4.62. The second kappa shape index (κ2) is 5.85. The predicted molar refractivity (Wildman–Crippen MR) is 77.0 cm³/mol. The zero-order valence-corrected chi connectivity index (χ0v) is 13.0. The van der Waals surface area contributed by atoms with Crippen molar-refractivity contribution < 1.29 is 0 Å². The van der Waals surface area contributed by atoms with Crippen molar-refractivity contribution >= 4 is 23.1 Å². The van der Waals surface area contributed by atoms with Gasteiger partial charge >= 0.3 is 0 Å². The molecule has 1 saturated heterocycles. The lowest BCUT2D eigenvalue weighted by atomic mass is 9.77. The van der Waals surface area contributed by atoms with Crippen molar-refractivity contribution in [1.29, 1.82) is 0 Å². The standard InChI is InChI=1S/C13H22ClN3S/c1-13(2,3)10-5-4-7-17(8-6-10)9-11-12(14)18-16-15-11/h10H,4-9H2,1-3H3. The van der Waals surface area contributed by atoms with E-state index < -0.39 is 0 Å². The maximum atomic E-state index is 6.07. The van der Waals surface area contributed by atoms with E-state index in [2.05, 4.69) is 35.3 Å². The maximum Gasteiger partial charge on any atom is 0.138 e. The summed E-state index contributed by atoms with van der Waals surface area (Å²) in [6.07, 6.45) is 3.89. The van der Waals surface area contributed by atoms with Crippen molar-refractivity contribution in [2.75, 3.05) is 13.1 Å². The fourth-order valence-corrected chi connectivity index (χ4v) is 3.30. The fraction of sp³-hybridized carbons (Fsp3) is 0.846. The lowest BCUT2D eigenvalue weighted by Gasteiger charge is -2.29. The van der Waals surface area contributed by atoms with Gasteiger partial charge in [-0.05, 0) is 43.7 Å². The van der Waals surface area contributed by atoms with Crippen LogP contribution >= 0.6 is 23.1 Å². The van der Waals surface area contributed by atoms with Gasteiger partial charge in [0.25, 0.3) is 0 Å². The Labute approximate surface area is 119 Å². The predicted octanol–water partition coefficient (Wildman–Crippen LogP) is 3.84. The first kappa shape index (κ1) is 14.2. The molecule has 2 heterocycles. The fourth-order valence-electron chi connectivity index (χ4n) is 2.68. The largest absolute Gasteiger partial charge is 0.297 e. The van der Waals surface area contributed by atoms with E-state index in [1.54, 1.807) is 0 Å². The third-order valence-corrected chi connectivity index (χ3v) is 4.91. The zero-order chi connectivity index (χ0) is 13.2. The van der Waals surface area contributed by atoms with Crippen molar-refractivity contribution in [3.63, 3.8) is 0 Å². The normalized spacial score (nSPS) is 23.0. The molecule has 1 fully saturated rings. The molecule has 1 aliphatic rings. The Morgan fingerprint density at radius 2 is 2.11 bits per heavy atom. The number of hydrogen-bond donors (Lipinski definition) is 0. The van der Waals surface area contributed by atoms with Crippen LogP contribution in [0.1, 0.15) is 45.7 Å². The summed E-state index contributed by atoms with van der Waals surface area (Å²) in [7, 11) is 0. The molecule has 1 atom stereocenters. The summed E-state index contributed by atoms with van der Waals surface area (Å²) in [6, 6.07) is 0. The van der Waals surface area contributed by atoms with Gasteiger partial charge in [0.15, 0.2) is 0 Å². The van der Waals surface area contributed by atoms with Crippen molar-refractivity contribution in [2.24, 2.45) is 11.3 Å². The number of hydrogen-bond acceptors (Lipinski definition) is 4. The molecule has 1 aromatic rings. The molecule has 0 saturated carbocycles. The van der Waals surface area contributed by atoms with Gasteiger partial charge in [-0.2, -0.15) is 0 Å². The van der Waals surface area contributed by atoms with Crippen molar-refractivity contribution in [3.05, 3.63) is 10.0 Å². The average Bonchev–Trinajstić information content (AvgIpc) is 2.54. The summed E-state index contributed by atoms with van der Waals surface area (Å²) in [5.74, 6) is 0.825. The van der Waals surface area contributed by atoms with Gasteiger partial charge in [-0.25, -0.2) is 0 Å². The average molecular weight is 288 g/mol. The van der Waals surface area contributed by atoms with Crippen molar-refractivity contribution in [1.82, 2.24) is 14.5 Å². The van der Waals surface area contributed by atoms with Crippen molar-refractivity contribution in [3.8, 4) is 0 Å². The second-order valence-corrected chi connectivity index (χ2v) is 7.62. The lowest BCUT2D eigenvalue weighted by Crippen LogP contribution is -2.26. The highest BCUT2D eigenvalue weighted by atomic mass is 35.5. The molecule has 18 heavy (non-hydrogen) atoms. The van der Waals surface area contributed by atoms with E-state index in [1.807, 2.05) is 0 Å². The molecule has 0 aromatic carbocycles. The highest BCUT2D eigenvalue weighted by Gasteiger charge is 2.27. The van der Waals surface area contributed by atoms with E-state index in [1.165, 1.54) is 30.8 Å². The van der Waals surface area contributed by atoms with Crippen molar-refractivity contribution in [2.45, 2.75) is 46.6 Å².